The first-order chi connectivity index (χ1) is 8.25. The summed E-state index contributed by atoms with van der Waals surface area (Å²) >= 11 is 3.40. The van der Waals surface area contributed by atoms with E-state index in [1.54, 1.807) is 0 Å². The lowest BCUT2D eigenvalue weighted by atomic mass is 10.2. The molecule has 5 heteroatoms. The highest BCUT2D eigenvalue weighted by Gasteiger charge is 2.13. The third-order valence-electron chi connectivity index (χ3n) is 3.28. The van der Waals surface area contributed by atoms with E-state index in [1.165, 1.54) is 6.42 Å². The number of halogens is 2. The Morgan fingerprint density at radius 1 is 1.22 bits per heavy atom. The molecule has 0 bridgehead atoms. The SMILES string of the molecule is Cl.O=c1c2cc(Br)ccc2nc2n1CCCCC2. The van der Waals surface area contributed by atoms with Crippen LogP contribution in [0.2, 0.25) is 0 Å². The second kappa shape index (κ2) is 5.41. The minimum atomic E-state index is 0. The van der Waals surface area contributed by atoms with E-state index in [2.05, 4.69) is 20.9 Å². The van der Waals surface area contributed by atoms with Crippen LogP contribution in [0.3, 0.4) is 0 Å². The standard InChI is InChI=1S/C13H13BrN2O.ClH/c14-9-5-6-11-10(8-9)13(17)16-7-3-1-2-4-12(16)15-11;/h5-6,8H,1-4,7H2;1H. The fraction of sp³-hybridized carbons (Fsp3) is 0.385. The Balaban J connectivity index is 0.00000120. The summed E-state index contributed by atoms with van der Waals surface area (Å²) < 4.78 is 2.78. The van der Waals surface area contributed by atoms with Crippen LogP contribution in [0, 0.1) is 0 Å². The smallest absolute Gasteiger partial charge is 0.261 e. The Kier molecular flexibility index (Phi) is 4.07. The number of fused-ring (bicyclic) bond motifs is 2. The van der Waals surface area contributed by atoms with Gasteiger partial charge in [-0.15, -0.1) is 12.4 Å². The van der Waals surface area contributed by atoms with Crippen LogP contribution < -0.4 is 5.56 Å². The van der Waals surface area contributed by atoms with Crippen molar-refractivity contribution in [1.29, 1.82) is 0 Å². The first-order valence-electron chi connectivity index (χ1n) is 5.95. The molecule has 18 heavy (non-hydrogen) atoms. The van der Waals surface area contributed by atoms with Gasteiger partial charge in [-0.25, -0.2) is 4.98 Å². The van der Waals surface area contributed by atoms with E-state index in [-0.39, 0.29) is 18.0 Å². The van der Waals surface area contributed by atoms with Gasteiger partial charge in [-0.1, -0.05) is 22.4 Å². The van der Waals surface area contributed by atoms with E-state index in [4.69, 9.17) is 0 Å². The van der Waals surface area contributed by atoms with Crippen LogP contribution in [0.5, 0.6) is 0 Å². The van der Waals surface area contributed by atoms with Gasteiger partial charge in [0.1, 0.15) is 5.82 Å². The molecule has 1 aromatic heterocycles. The van der Waals surface area contributed by atoms with Crippen LogP contribution in [0.25, 0.3) is 10.9 Å². The van der Waals surface area contributed by atoms with Crippen molar-refractivity contribution in [3.63, 3.8) is 0 Å². The summed E-state index contributed by atoms with van der Waals surface area (Å²) in [5, 5.41) is 0.713. The van der Waals surface area contributed by atoms with Gasteiger partial charge in [0, 0.05) is 17.4 Å². The van der Waals surface area contributed by atoms with Crippen LogP contribution in [-0.4, -0.2) is 9.55 Å². The second-order valence-electron chi connectivity index (χ2n) is 4.46. The molecule has 3 rings (SSSR count). The van der Waals surface area contributed by atoms with E-state index < -0.39 is 0 Å². The lowest BCUT2D eigenvalue weighted by Crippen LogP contribution is -2.24. The normalized spacial score (nSPS) is 14.7. The number of nitrogens with zero attached hydrogens (tertiary/aromatic N) is 2. The third kappa shape index (κ3) is 2.31. The van der Waals surface area contributed by atoms with Crippen molar-refractivity contribution >= 4 is 39.2 Å². The van der Waals surface area contributed by atoms with E-state index >= 15 is 0 Å². The minimum absolute atomic E-state index is 0. The maximum absolute atomic E-state index is 12.4. The Labute approximate surface area is 120 Å². The van der Waals surface area contributed by atoms with Crippen LogP contribution in [0.15, 0.2) is 27.5 Å². The van der Waals surface area contributed by atoms with Crippen molar-refractivity contribution in [2.24, 2.45) is 0 Å². The molecule has 0 N–H and O–H groups in total. The van der Waals surface area contributed by atoms with Crippen LogP contribution in [-0.2, 0) is 13.0 Å². The van der Waals surface area contributed by atoms with Gasteiger partial charge in [-0.3, -0.25) is 9.36 Å². The molecule has 0 amide bonds. The molecule has 96 valence electrons. The highest BCUT2D eigenvalue weighted by atomic mass is 79.9. The maximum atomic E-state index is 12.4. The van der Waals surface area contributed by atoms with Gasteiger partial charge in [-0.05, 0) is 31.0 Å². The van der Waals surface area contributed by atoms with Gasteiger partial charge in [0.15, 0.2) is 0 Å². The zero-order chi connectivity index (χ0) is 11.8. The lowest BCUT2D eigenvalue weighted by molar-refractivity contribution is 0.614. The summed E-state index contributed by atoms with van der Waals surface area (Å²) in [4.78, 5) is 17.0. The highest BCUT2D eigenvalue weighted by Crippen LogP contribution is 2.18. The summed E-state index contributed by atoms with van der Waals surface area (Å²) in [5.41, 5.74) is 0.916. The topological polar surface area (TPSA) is 34.9 Å². The van der Waals surface area contributed by atoms with Crippen LogP contribution in [0.1, 0.15) is 25.1 Å². The number of hydrogen-bond acceptors (Lipinski definition) is 2. The third-order valence-corrected chi connectivity index (χ3v) is 3.77. The summed E-state index contributed by atoms with van der Waals surface area (Å²) in [6, 6.07) is 5.71. The zero-order valence-electron chi connectivity index (χ0n) is 9.86. The number of aromatic nitrogens is 2. The van der Waals surface area contributed by atoms with E-state index in [1.807, 2.05) is 22.8 Å². The molecule has 0 spiro atoms. The molecule has 2 heterocycles. The average Bonchev–Trinajstić information content (AvgIpc) is 2.56. The Hall–Kier alpha value is -0.870. The van der Waals surface area contributed by atoms with E-state index in [0.717, 1.165) is 41.6 Å². The van der Waals surface area contributed by atoms with Gasteiger partial charge in [0.2, 0.25) is 0 Å². The summed E-state index contributed by atoms with van der Waals surface area (Å²) in [5.74, 6) is 0.947. The molecule has 2 aromatic rings. The minimum Gasteiger partial charge on any atom is -0.296 e. The fourth-order valence-corrected chi connectivity index (χ4v) is 2.75. The molecule has 0 radical (unpaired) electrons. The molecule has 0 atom stereocenters. The van der Waals surface area contributed by atoms with Crippen LogP contribution in [0.4, 0.5) is 0 Å². The Morgan fingerprint density at radius 2 is 2.06 bits per heavy atom. The molecule has 1 aromatic carbocycles. The molecule has 0 unspecified atom stereocenters. The number of rotatable bonds is 0. The molecule has 0 fully saturated rings. The first kappa shape index (κ1) is 13.6. The predicted octanol–water partition coefficient (Wildman–Crippen LogP) is 3.31. The van der Waals surface area contributed by atoms with Crippen molar-refractivity contribution in [3.05, 3.63) is 38.9 Å². The molecular weight excluding hydrogens is 316 g/mol. The molecule has 0 saturated heterocycles. The lowest BCUT2D eigenvalue weighted by Gasteiger charge is -2.09. The summed E-state index contributed by atoms with van der Waals surface area (Å²) in [6.45, 7) is 0.809. The van der Waals surface area contributed by atoms with Gasteiger partial charge in [0.25, 0.3) is 5.56 Å². The quantitative estimate of drug-likeness (QED) is 0.743. The first-order valence-corrected chi connectivity index (χ1v) is 6.74. The molecular formula is C13H14BrClN2O. The van der Waals surface area contributed by atoms with E-state index in [0.29, 0.717) is 5.39 Å². The second-order valence-corrected chi connectivity index (χ2v) is 5.37. The Morgan fingerprint density at radius 3 is 2.89 bits per heavy atom. The Bertz CT molecular complexity index is 639. The summed E-state index contributed by atoms with van der Waals surface area (Å²) in [6.07, 6.45) is 4.31. The van der Waals surface area contributed by atoms with Gasteiger partial charge in [-0.2, -0.15) is 0 Å². The largest absolute Gasteiger partial charge is 0.296 e. The summed E-state index contributed by atoms with van der Waals surface area (Å²) in [7, 11) is 0. The van der Waals surface area contributed by atoms with Gasteiger partial charge >= 0.3 is 0 Å². The fourth-order valence-electron chi connectivity index (χ4n) is 2.39. The molecule has 1 aliphatic rings. The number of benzene rings is 1. The predicted molar refractivity (Wildman–Crippen MR) is 78.5 cm³/mol. The maximum Gasteiger partial charge on any atom is 0.261 e. The highest BCUT2D eigenvalue weighted by molar-refractivity contribution is 9.10. The van der Waals surface area contributed by atoms with Crippen molar-refractivity contribution in [3.8, 4) is 0 Å². The molecule has 0 aliphatic carbocycles. The van der Waals surface area contributed by atoms with Gasteiger partial charge in [0.05, 0.1) is 10.9 Å². The monoisotopic (exact) mass is 328 g/mol. The number of aryl methyl sites for hydroxylation is 1. The van der Waals surface area contributed by atoms with Crippen molar-refractivity contribution < 1.29 is 0 Å². The van der Waals surface area contributed by atoms with E-state index in [9.17, 15) is 4.79 Å². The van der Waals surface area contributed by atoms with Crippen molar-refractivity contribution in [2.75, 3.05) is 0 Å². The van der Waals surface area contributed by atoms with Gasteiger partial charge < -0.3 is 0 Å². The molecule has 1 aliphatic heterocycles. The van der Waals surface area contributed by atoms with Crippen molar-refractivity contribution in [2.45, 2.75) is 32.2 Å². The number of hydrogen-bond donors (Lipinski definition) is 0. The molecule has 0 saturated carbocycles. The average molecular weight is 330 g/mol. The molecule has 3 nitrogen and oxygen atoms in total. The van der Waals surface area contributed by atoms with Crippen molar-refractivity contribution in [1.82, 2.24) is 9.55 Å². The van der Waals surface area contributed by atoms with Crippen LogP contribution >= 0.6 is 28.3 Å². The zero-order valence-corrected chi connectivity index (χ0v) is 12.3.